The van der Waals surface area contributed by atoms with E-state index in [9.17, 15) is 0 Å². The maximum Gasteiger partial charge on any atom is 0.0335 e. The largest absolute Gasteiger partial charge is 0.314 e. The molecule has 2 nitrogen and oxygen atoms in total. The summed E-state index contributed by atoms with van der Waals surface area (Å²) in [4.78, 5) is 0. The van der Waals surface area contributed by atoms with Crippen LogP contribution in [0.25, 0.3) is 0 Å². The molecule has 0 saturated carbocycles. The van der Waals surface area contributed by atoms with Crippen molar-refractivity contribution < 1.29 is 0 Å². The molecule has 0 aliphatic carbocycles. The molecule has 0 aromatic heterocycles. The van der Waals surface area contributed by atoms with Gasteiger partial charge in [-0.2, -0.15) is 0 Å². The first kappa shape index (κ1) is 12.6. The minimum absolute atomic E-state index is 0.478. The van der Waals surface area contributed by atoms with Crippen LogP contribution < -0.4 is 10.6 Å². The topological polar surface area (TPSA) is 24.1 Å². The SMILES string of the molecule is CNC(CC1CCCN1)c1ccc(C)cc1C. The van der Waals surface area contributed by atoms with Gasteiger partial charge < -0.3 is 10.6 Å². The van der Waals surface area contributed by atoms with E-state index in [1.165, 1.54) is 42.5 Å². The number of rotatable bonds is 4. The molecule has 2 atom stereocenters. The summed E-state index contributed by atoms with van der Waals surface area (Å²) < 4.78 is 0. The molecule has 0 amide bonds. The van der Waals surface area contributed by atoms with E-state index in [4.69, 9.17) is 0 Å². The Hall–Kier alpha value is -0.860. The summed E-state index contributed by atoms with van der Waals surface area (Å²) in [5.74, 6) is 0. The maximum atomic E-state index is 3.58. The Morgan fingerprint density at radius 1 is 1.41 bits per heavy atom. The van der Waals surface area contributed by atoms with E-state index in [0.29, 0.717) is 12.1 Å². The normalized spacial score (nSPS) is 21.7. The van der Waals surface area contributed by atoms with Crippen LogP contribution in [0.5, 0.6) is 0 Å². The van der Waals surface area contributed by atoms with Crippen LogP contribution in [0.3, 0.4) is 0 Å². The number of nitrogens with one attached hydrogen (secondary N) is 2. The lowest BCUT2D eigenvalue weighted by atomic mass is 9.94. The minimum atomic E-state index is 0.478. The van der Waals surface area contributed by atoms with E-state index in [2.05, 4.69) is 49.7 Å². The average Bonchev–Trinajstić information content (AvgIpc) is 2.79. The third-order valence-corrected chi connectivity index (χ3v) is 3.83. The van der Waals surface area contributed by atoms with Crippen LogP contribution in [-0.4, -0.2) is 19.6 Å². The van der Waals surface area contributed by atoms with Crippen molar-refractivity contribution in [1.29, 1.82) is 0 Å². The minimum Gasteiger partial charge on any atom is -0.314 e. The molecule has 2 unspecified atom stereocenters. The van der Waals surface area contributed by atoms with Crippen LogP contribution in [-0.2, 0) is 0 Å². The van der Waals surface area contributed by atoms with Crippen molar-refractivity contribution in [2.45, 2.75) is 45.2 Å². The van der Waals surface area contributed by atoms with Crippen molar-refractivity contribution >= 4 is 0 Å². The molecule has 1 heterocycles. The van der Waals surface area contributed by atoms with Gasteiger partial charge in [0.2, 0.25) is 0 Å². The predicted molar refractivity (Wildman–Crippen MR) is 73.4 cm³/mol. The zero-order valence-corrected chi connectivity index (χ0v) is 11.2. The van der Waals surface area contributed by atoms with Gasteiger partial charge >= 0.3 is 0 Å². The summed E-state index contributed by atoms with van der Waals surface area (Å²) in [5.41, 5.74) is 4.20. The highest BCUT2D eigenvalue weighted by Crippen LogP contribution is 2.25. The average molecular weight is 232 g/mol. The number of benzene rings is 1. The molecule has 2 N–H and O–H groups in total. The van der Waals surface area contributed by atoms with Gasteiger partial charge in [0.25, 0.3) is 0 Å². The molecule has 1 aromatic carbocycles. The standard InChI is InChI=1S/C15H24N2/c1-11-6-7-14(12(2)9-11)15(16-3)10-13-5-4-8-17-13/h6-7,9,13,15-17H,4-5,8,10H2,1-3H3. The highest BCUT2D eigenvalue weighted by atomic mass is 15.0. The van der Waals surface area contributed by atoms with Crippen molar-refractivity contribution in [2.75, 3.05) is 13.6 Å². The molecule has 1 saturated heterocycles. The summed E-state index contributed by atoms with van der Waals surface area (Å²) in [5, 5.41) is 7.05. The Balaban J connectivity index is 2.10. The number of aryl methyl sites for hydroxylation is 2. The molecule has 2 rings (SSSR count). The second-order valence-corrected chi connectivity index (χ2v) is 5.23. The van der Waals surface area contributed by atoms with Crippen LogP contribution in [0.1, 0.15) is 42.0 Å². The Bertz CT molecular complexity index is 367. The molecule has 1 aliphatic heterocycles. The molecule has 0 radical (unpaired) electrons. The van der Waals surface area contributed by atoms with Crippen molar-refractivity contribution in [3.8, 4) is 0 Å². The van der Waals surface area contributed by atoms with Crippen LogP contribution in [0.15, 0.2) is 18.2 Å². The van der Waals surface area contributed by atoms with E-state index in [1.54, 1.807) is 0 Å². The molecule has 0 bridgehead atoms. The van der Waals surface area contributed by atoms with E-state index in [-0.39, 0.29) is 0 Å². The molecule has 94 valence electrons. The third kappa shape index (κ3) is 3.08. The lowest BCUT2D eigenvalue weighted by Gasteiger charge is -2.22. The second kappa shape index (κ2) is 5.65. The lowest BCUT2D eigenvalue weighted by Crippen LogP contribution is -2.28. The van der Waals surface area contributed by atoms with E-state index in [1.807, 2.05) is 0 Å². The van der Waals surface area contributed by atoms with Crippen LogP contribution in [0, 0.1) is 13.8 Å². The van der Waals surface area contributed by atoms with Gasteiger partial charge in [0.1, 0.15) is 0 Å². The predicted octanol–water partition coefficient (Wildman–Crippen LogP) is 2.71. The molecular weight excluding hydrogens is 208 g/mol. The second-order valence-electron chi connectivity index (χ2n) is 5.23. The summed E-state index contributed by atoms with van der Waals surface area (Å²) >= 11 is 0. The number of hydrogen-bond acceptors (Lipinski definition) is 2. The Morgan fingerprint density at radius 3 is 2.82 bits per heavy atom. The van der Waals surface area contributed by atoms with Gasteiger partial charge in [-0.25, -0.2) is 0 Å². The van der Waals surface area contributed by atoms with Crippen LogP contribution in [0.2, 0.25) is 0 Å². The van der Waals surface area contributed by atoms with Gasteiger partial charge in [-0.3, -0.25) is 0 Å². The Morgan fingerprint density at radius 2 is 2.24 bits per heavy atom. The van der Waals surface area contributed by atoms with Crippen molar-refractivity contribution in [3.63, 3.8) is 0 Å². The molecular formula is C15H24N2. The van der Waals surface area contributed by atoms with Crippen LogP contribution >= 0.6 is 0 Å². The summed E-state index contributed by atoms with van der Waals surface area (Å²) in [7, 11) is 2.07. The molecule has 2 heteroatoms. The fraction of sp³-hybridized carbons (Fsp3) is 0.600. The highest BCUT2D eigenvalue weighted by molar-refractivity contribution is 5.32. The Kier molecular flexibility index (Phi) is 4.19. The fourth-order valence-electron chi connectivity index (χ4n) is 2.86. The van der Waals surface area contributed by atoms with Gasteiger partial charge in [-0.1, -0.05) is 23.8 Å². The summed E-state index contributed by atoms with van der Waals surface area (Å²) in [6, 6.07) is 7.94. The highest BCUT2D eigenvalue weighted by Gasteiger charge is 2.20. The summed E-state index contributed by atoms with van der Waals surface area (Å²) in [6.45, 7) is 5.56. The first-order valence-corrected chi connectivity index (χ1v) is 6.68. The monoisotopic (exact) mass is 232 g/mol. The van der Waals surface area contributed by atoms with Gasteiger partial charge in [-0.15, -0.1) is 0 Å². The molecule has 0 spiro atoms. The van der Waals surface area contributed by atoms with Crippen molar-refractivity contribution in [3.05, 3.63) is 34.9 Å². The molecule has 1 aliphatic rings. The van der Waals surface area contributed by atoms with Crippen LogP contribution in [0.4, 0.5) is 0 Å². The van der Waals surface area contributed by atoms with Crippen molar-refractivity contribution in [1.82, 2.24) is 10.6 Å². The van der Waals surface area contributed by atoms with Gasteiger partial charge in [0.15, 0.2) is 0 Å². The van der Waals surface area contributed by atoms with Gasteiger partial charge in [-0.05, 0) is 57.8 Å². The molecule has 17 heavy (non-hydrogen) atoms. The zero-order valence-electron chi connectivity index (χ0n) is 11.2. The van der Waals surface area contributed by atoms with E-state index >= 15 is 0 Å². The lowest BCUT2D eigenvalue weighted by molar-refractivity contribution is 0.452. The smallest absolute Gasteiger partial charge is 0.0335 e. The zero-order chi connectivity index (χ0) is 12.3. The van der Waals surface area contributed by atoms with Crippen molar-refractivity contribution in [2.24, 2.45) is 0 Å². The molecule has 1 fully saturated rings. The third-order valence-electron chi connectivity index (χ3n) is 3.83. The quantitative estimate of drug-likeness (QED) is 0.834. The fourth-order valence-corrected chi connectivity index (χ4v) is 2.86. The van der Waals surface area contributed by atoms with E-state index in [0.717, 1.165) is 0 Å². The van der Waals surface area contributed by atoms with Gasteiger partial charge in [0.05, 0.1) is 0 Å². The maximum absolute atomic E-state index is 3.58. The molecule has 1 aromatic rings. The first-order valence-electron chi connectivity index (χ1n) is 6.68. The number of hydrogen-bond donors (Lipinski definition) is 2. The van der Waals surface area contributed by atoms with Gasteiger partial charge in [0, 0.05) is 12.1 Å². The first-order chi connectivity index (χ1) is 8.20. The van der Waals surface area contributed by atoms with E-state index < -0.39 is 0 Å². The Labute approximate surface area is 105 Å². The summed E-state index contributed by atoms with van der Waals surface area (Å²) in [6.07, 6.45) is 3.84.